The molecule has 3 rings (SSSR count). The Bertz CT molecular complexity index is 965. The van der Waals surface area contributed by atoms with E-state index in [1.54, 1.807) is 43.3 Å². The molecule has 7 heteroatoms. The maximum absolute atomic E-state index is 12.6. The summed E-state index contributed by atoms with van der Waals surface area (Å²) in [7, 11) is -3.70. The van der Waals surface area contributed by atoms with Crippen LogP contribution in [0.15, 0.2) is 46.7 Å². The van der Waals surface area contributed by atoms with Crippen LogP contribution in [0.25, 0.3) is 10.1 Å². The van der Waals surface area contributed by atoms with Crippen molar-refractivity contribution in [3.63, 3.8) is 0 Å². The summed E-state index contributed by atoms with van der Waals surface area (Å²) in [4.78, 5) is 0. The summed E-state index contributed by atoms with van der Waals surface area (Å²) in [5.74, 6) is 0. The average molecular weight is 372 g/mol. The normalized spacial score (nSPS) is 11.8. The molecule has 114 valence electrons. The lowest BCUT2D eigenvalue weighted by Gasteiger charge is -2.08. The van der Waals surface area contributed by atoms with Crippen LogP contribution in [0.1, 0.15) is 5.56 Å². The lowest BCUT2D eigenvalue weighted by molar-refractivity contribution is 0.603. The molecular weight excluding hydrogens is 361 g/mol. The van der Waals surface area contributed by atoms with Gasteiger partial charge in [0.05, 0.1) is 10.7 Å². The van der Waals surface area contributed by atoms with Crippen LogP contribution in [0.5, 0.6) is 0 Å². The molecule has 0 saturated carbocycles. The molecule has 2 aromatic carbocycles. The van der Waals surface area contributed by atoms with Crippen molar-refractivity contribution in [3.05, 3.63) is 58.1 Å². The molecule has 0 atom stereocenters. The zero-order valence-electron chi connectivity index (χ0n) is 11.4. The number of rotatable bonds is 3. The highest BCUT2D eigenvalue weighted by atomic mass is 35.5. The number of hydrogen-bond acceptors (Lipinski definition) is 3. The van der Waals surface area contributed by atoms with Crippen LogP contribution in [0.4, 0.5) is 5.69 Å². The molecule has 0 spiro atoms. The van der Waals surface area contributed by atoms with Crippen LogP contribution in [0.3, 0.4) is 0 Å². The predicted octanol–water partition coefficient (Wildman–Crippen LogP) is 5.32. The maximum atomic E-state index is 12.6. The monoisotopic (exact) mass is 371 g/mol. The second-order valence-corrected chi connectivity index (χ2v) is 8.51. The smallest absolute Gasteiger partial charge is 0.271 e. The van der Waals surface area contributed by atoms with Crippen molar-refractivity contribution >= 4 is 60.3 Å². The summed E-state index contributed by atoms with van der Waals surface area (Å²) in [6, 6.07) is 12.1. The Balaban J connectivity index is 2.10. The number of fused-ring (bicyclic) bond motifs is 1. The third-order valence-electron chi connectivity index (χ3n) is 3.22. The summed E-state index contributed by atoms with van der Waals surface area (Å²) >= 11 is 13.2. The fourth-order valence-electron chi connectivity index (χ4n) is 2.16. The van der Waals surface area contributed by atoms with E-state index in [1.807, 2.05) is 6.07 Å². The summed E-state index contributed by atoms with van der Waals surface area (Å²) in [6.07, 6.45) is 0. The van der Waals surface area contributed by atoms with Gasteiger partial charge in [-0.2, -0.15) is 0 Å². The van der Waals surface area contributed by atoms with Gasteiger partial charge in [0.2, 0.25) is 0 Å². The molecule has 0 radical (unpaired) electrons. The average Bonchev–Trinajstić information content (AvgIpc) is 2.79. The van der Waals surface area contributed by atoms with Gasteiger partial charge in [-0.05, 0) is 48.2 Å². The summed E-state index contributed by atoms with van der Waals surface area (Å²) in [5, 5.41) is 1.78. The maximum Gasteiger partial charge on any atom is 0.271 e. The first-order valence-corrected chi connectivity index (χ1v) is 9.40. The Morgan fingerprint density at radius 3 is 2.55 bits per heavy atom. The van der Waals surface area contributed by atoms with E-state index in [9.17, 15) is 8.42 Å². The van der Waals surface area contributed by atoms with Gasteiger partial charge in [0, 0.05) is 9.72 Å². The second kappa shape index (κ2) is 5.74. The van der Waals surface area contributed by atoms with E-state index in [1.165, 1.54) is 11.3 Å². The van der Waals surface area contributed by atoms with E-state index in [-0.39, 0.29) is 4.21 Å². The molecule has 22 heavy (non-hydrogen) atoms. The molecule has 0 aliphatic carbocycles. The fourth-order valence-corrected chi connectivity index (χ4v) is 5.40. The largest absolute Gasteiger partial charge is 0.277 e. The Kier molecular flexibility index (Phi) is 4.07. The van der Waals surface area contributed by atoms with Gasteiger partial charge in [-0.3, -0.25) is 4.72 Å². The van der Waals surface area contributed by atoms with Gasteiger partial charge in [-0.15, -0.1) is 11.3 Å². The molecule has 0 fully saturated rings. The number of thiophene rings is 1. The molecule has 0 saturated heterocycles. The van der Waals surface area contributed by atoms with Gasteiger partial charge >= 0.3 is 0 Å². The summed E-state index contributed by atoms with van der Waals surface area (Å²) in [5.41, 5.74) is 1.04. The molecule has 0 aliphatic heterocycles. The predicted molar refractivity (Wildman–Crippen MR) is 93.8 cm³/mol. The van der Waals surface area contributed by atoms with Crippen molar-refractivity contribution in [1.82, 2.24) is 0 Å². The summed E-state index contributed by atoms with van der Waals surface area (Å²) < 4.78 is 29.0. The molecule has 1 heterocycles. The van der Waals surface area contributed by atoms with Crippen molar-refractivity contribution in [2.24, 2.45) is 0 Å². The molecule has 0 unspecified atom stereocenters. The van der Waals surface area contributed by atoms with E-state index in [0.29, 0.717) is 21.3 Å². The lowest BCUT2D eigenvalue weighted by Crippen LogP contribution is -2.12. The Hall–Kier alpha value is -1.27. The van der Waals surface area contributed by atoms with E-state index in [0.717, 1.165) is 10.1 Å². The van der Waals surface area contributed by atoms with Crippen LogP contribution in [0.2, 0.25) is 10.0 Å². The highest BCUT2D eigenvalue weighted by Crippen LogP contribution is 2.36. The standard InChI is InChI=1S/C15H11Cl2NO2S2/c1-9-11-8-10(16)6-7-14(11)21-15(9)22(19,20)18-13-5-3-2-4-12(13)17/h2-8,18H,1H3. The zero-order valence-corrected chi connectivity index (χ0v) is 14.6. The second-order valence-electron chi connectivity index (χ2n) is 4.74. The van der Waals surface area contributed by atoms with Gasteiger partial charge in [0.25, 0.3) is 10.0 Å². The number of benzene rings is 2. The number of nitrogens with one attached hydrogen (secondary N) is 1. The first kappa shape index (κ1) is 15.6. The highest BCUT2D eigenvalue weighted by Gasteiger charge is 2.22. The van der Waals surface area contributed by atoms with Gasteiger partial charge in [-0.1, -0.05) is 35.3 Å². The number of halogens is 2. The molecule has 0 amide bonds. The minimum atomic E-state index is -3.70. The van der Waals surface area contributed by atoms with E-state index in [2.05, 4.69) is 4.72 Å². The fraction of sp³-hybridized carbons (Fsp3) is 0.0667. The van der Waals surface area contributed by atoms with Crippen LogP contribution >= 0.6 is 34.5 Å². The minimum Gasteiger partial charge on any atom is -0.277 e. The third-order valence-corrected chi connectivity index (χ3v) is 7.04. The van der Waals surface area contributed by atoms with E-state index >= 15 is 0 Å². The first-order chi connectivity index (χ1) is 10.4. The highest BCUT2D eigenvalue weighted by molar-refractivity contribution is 7.95. The molecule has 1 N–H and O–H groups in total. The molecule has 3 aromatic rings. The van der Waals surface area contributed by atoms with E-state index in [4.69, 9.17) is 23.2 Å². The van der Waals surface area contributed by atoms with Crippen molar-refractivity contribution in [3.8, 4) is 0 Å². The van der Waals surface area contributed by atoms with Crippen LogP contribution in [-0.2, 0) is 10.0 Å². The zero-order chi connectivity index (χ0) is 15.9. The first-order valence-electron chi connectivity index (χ1n) is 6.34. The Labute approximate surface area is 142 Å². The number of aryl methyl sites for hydroxylation is 1. The van der Waals surface area contributed by atoms with Crippen LogP contribution < -0.4 is 4.72 Å². The SMILES string of the molecule is Cc1c(S(=O)(=O)Nc2ccccc2Cl)sc2ccc(Cl)cc12. The Morgan fingerprint density at radius 2 is 1.82 bits per heavy atom. The van der Waals surface area contributed by atoms with Crippen LogP contribution in [-0.4, -0.2) is 8.42 Å². The molecule has 0 bridgehead atoms. The van der Waals surface area contributed by atoms with E-state index < -0.39 is 10.0 Å². The Morgan fingerprint density at radius 1 is 1.09 bits per heavy atom. The van der Waals surface area contributed by atoms with Gasteiger partial charge in [0.1, 0.15) is 4.21 Å². The lowest BCUT2D eigenvalue weighted by atomic mass is 10.2. The van der Waals surface area contributed by atoms with Gasteiger partial charge < -0.3 is 0 Å². The quantitative estimate of drug-likeness (QED) is 0.677. The summed E-state index contributed by atoms with van der Waals surface area (Å²) in [6.45, 7) is 1.77. The number of sulfonamides is 1. The number of para-hydroxylation sites is 1. The van der Waals surface area contributed by atoms with Crippen molar-refractivity contribution in [2.75, 3.05) is 4.72 Å². The molecule has 1 aromatic heterocycles. The van der Waals surface area contributed by atoms with Crippen molar-refractivity contribution in [2.45, 2.75) is 11.1 Å². The topological polar surface area (TPSA) is 46.2 Å². The third kappa shape index (κ3) is 2.82. The molecular formula is C15H11Cl2NO2S2. The van der Waals surface area contributed by atoms with Crippen molar-refractivity contribution < 1.29 is 8.42 Å². The molecule has 0 aliphatic rings. The number of anilines is 1. The van der Waals surface area contributed by atoms with Gasteiger partial charge in [-0.25, -0.2) is 8.42 Å². The van der Waals surface area contributed by atoms with Crippen LogP contribution in [0, 0.1) is 6.92 Å². The van der Waals surface area contributed by atoms with Gasteiger partial charge in [0.15, 0.2) is 0 Å². The number of hydrogen-bond donors (Lipinski definition) is 1. The minimum absolute atomic E-state index is 0.268. The van der Waals surface area contributed by atoms with Crippen molar-refractivity contribution in [1.29, 1.82) is 0 Å². The molecule has 3 nitrogen and oxygen atoms in total.